The number of amides is 1. The van der Waals surface area contributed by atoms with Crippen LogP contribution in [0.2, 0.25) is 0 Å². The van der Waals surface area contributed by atoms with Gasteiger partial charge in [-0.15, -0.1) is 0 Å². The van der Waals surface area contributed by atoms with Gasteiger partial charge < -0.3 is 24.8 Å². The molecular weight excluding hydrogens is 213 g/mol. The van der Waals surface area contributed by atoms with Crippen LogP contribution in [0.5, 0.6) is 0 Å². The number of likely N-dealkylation sites (tertiary alicyclic amines) is 1. The second-order valence-electron chi connectivity index (χ2n) is 5.00. The minimum atomic E-state index is -1.66. The first kappa shape index (κ1) is 13.3. The van der Waals surface area contributed by atoms with Crippen molar-refractivity contribution >= 4 is 13.2 Å². The molecule has 92 valence electrons. The van der Waals surface area contributed by atoms with Crippen molar-refractivity contribution in [3.8, 4) is 0 Å². The van der Waals surface area contributed by atoms with Crippen LogP contribution in [-0.2, 0) is 4.74 Å². The number of carbonyl (C=O) groups excluding carboxylic acids is 1. The Kier molecular flexibility index (Phi) is 3.82. The number of aliphatic hydroxyl groups excluding tert-OH is 1. The standard InChI is InChI=1S/C9H18BNO5/c1-9(2,3)16-8(13)11-5-6(12)4-7(11)10(14)15/h6-7,12,14-15H,4-5H2,1-3H3. The van der Waals surface area contributed by atoms with Gasteiger partial charge in [-0.1, -0.05) is 0 Å². The molecule has 0 saturated carbocycles. The number of β-amino-alcohol motifs (C(OH)–C–C–N with tert-alkyl or cyclic N) is 1. The lowest BCUT2D eigenvalue weighted by Crippen LogP contribution is -2.47. The van der Waals surface area contributed by atoms with Crippen LogP contribution in [0.25, 0.3) is 0 Å². The van der Waals surface area contributed by atoms with Crippen molar-refractivity contribution in [2.75, 3.05) is 6.54 Å². The molecule has 1 aliphatic heterocycles. The molecule has 1 rings (SSSR count). The Morgan fingerprint density at radius 3 is 2.44 bits per heavy atom. The molecule has 1 heterocycles. The van der Waals surface area contributed by atoms with Gasteiger partial charge in [-0.2, -0.15) is 0 Å². The zero-order valence-electron chi connectivity index (χ0n) is 9.75. The van der Waals surface area contributed by atoms with Gasteiger partial charge in [-0.05, 0) is 27.2 Å². The molecule has 0 spiro atoms. The third kappa shape index (κ3) is 3.36. The van der Waals surface area contributed by atoms with E-state index in [2.05, 4.69) is 0 Å². The fourth-order valence-corrected chi connectivity index (χ4v) is 1.66. The van der Waals surface area contributed by atoms with Crippen LogP contribution in [0, 0.1) is 0 Å². The molecule has 0 aromatic heterocycles. The monoisotopic (exact) mass is 231 g/mol. The summed E-state index contributed by atoms with van der Waals surface area (Å²) in [7, 11) is -1.66. The lowest BCUT2D eigenvalue weighted by molar-refractivity contribution is 0.0232. The number of ether oxygens (including phenoxy) is 1. The largest absolute Gasteiger partial charge is 0.475 e. The first-order valence-electron chi connectivity index (χ1n) is 5.24. The highest BCUT2D eigenvalue weighted by Gasteiger charge is 2.42. The topological polar surface area (TPSA) is 90.2 Å². The van der Waals surface area contributed by atoms with Gasteiger partial charge in [-0.3, -0.25) is 0 Å². The van der Waals surface area contributed by atoms with E-state index in [0.717, 1.165) is 4.90 Å². The van der Waals surface area contributed by atoms with Gasteiger partial charge in [0, 0.05) is 6.54 Å². The number of hydrogen-bond donors (Lipinski definition) is 3. The van der Waals surface area contributed by atoms with Crippen LogP contribution >= 0.6 is 0 Å². The molecule has 6 nitrogen and oxygen atoms in total. The summed E-state index contributed by atoms with van der Waals surface area (Å²) in [6, 6.07) is 0. The molecular formula is C9H18BNO5. The summed E-state index contributed by atoms with van der Waals surface area (Å²) < 4.78 is 5.10. The third-order valence-corrected chi connectivity index (χ3v) is 2.29. The second-order valence-corrected chi connectivity index (χ2v) is 5.00. The van der Waals surface area contributed by atoms with Gasteiger partial charge in [0.2, 0.25) is 0 Å². The van der Waals surface area contributed by atoms with E-state index in [1.54, 1.807) is 20.8 Å². The summed E-state index contributed by atoms with van der Waals surface area (Å²) in [4.78, 5) is 12.8. The minimum absolute atomic E-state index is 0.0667. The highest BCUT2D eigenvalue weighted by atomic mass is 16.6. The molecule has 0 radical (unpaired) electrons. The molecule has 16 heavy (non-hydrogen) atoms. The highest BCUT2D eigenvalue weighted by Crippen LogP contribution is 2.21. The molecule has 1 saturated heterocycles. The molecule has 0 aromatic carbocycles. The van der Waals surface area contributed by atoms with E-state index in [1.165, 1.54) is 0 Å². The molecule has 7 heteroatoms. The Hall–Kier alpha value is -0.785. The number of hydrogen-bond acceptors (Lipinski definition) is 5. The Morgan fingerprint density at radius 1 is 1.44 bits per heavy atom. The second kappa shape index (κ2) is 4.61. The maximum Gasteiger partial charge on any atom is 0.475 e. The van der Waals surface area contributed by atoms with E-state index in [4.69, 9.17) is 14.8 Å². The van der Waals surface area contributed by atoms with E-state index in [1.807, 2.05) is 0 Å². The number of carbonyl (C=O) groups is 1. The van der Waals surface area contributed by atoms with Crippen molar-refractivity contribution in [2.24, 2.45) is 0 Å². The van der Waals surface area contributed by atoms with E-state index >= 15 is 0 Å². The van der Waals surface area contributed by atoms with Crippen molar-refractivity contribution in [3.63, 3.8) is 0 Å². The molecule has 0 bridgehead atoms. The molecule has 1 aliphatic rings. The van der Waals surface area contributed by atoms with Crippen molar-refractivity contribution in [1.29, 1.82) is 0 Å². The molecule has 2 atom stereocenters. The van der Waals surface area contributed by atoms with Crippen LogP contribution in [-0.4, -0.2) is 57.5 Å². The Morgan fingerprint density at radius 2 is 2.00 bits per heavy atom. The van der Waals surface area contributed by atoms with Crippen LogP contribution in [0.4, 0.5) is 4.79 Å². The summed E-state index contributed by atoms with van der Waals surface area (Å²) in [6.45, 7) is 5.24. The maximum absolute atomic E-state index is 11.7. The van der Waals surface area contributed by atoms with Crippen LogP contribution < -0.4 is 0 Å². The summed E-state index contributed by atoms with van der Waals surface area (Å²) in [5.74, 6) is -0.801. The van der Waals surface area contributed by atoms with Crippen molar-refractivity contribution < 1.29 is 24.7 Å². The average Bonchev–Trinajstić information content (AvgIpc) is 2.44. The fourth-order valence-electron chi connectivity index (χ4n) is 1.66. The molecule has 1 fully saturated rings. The summed E-state index contributed by atoms with van der Waals surface area (Å²) in [5, 5.41) is 27.6. The van der Waals surface area contributed by atoms with Crippen molar-refractivity contribution in [3.05, 3.63) is 0 Å². The summed E-state index contributed by atoms with van der Waals surface area (Å²) in [5.41, 5.74) is -0.643. The van der Waals surface area contributed by atoms with Gasteiger partial charge in [0.05, 0.1) is 12.0 Å². The zero-order chi connectivity index (χ0) is 12.5. The minimum Gasteiger partial charge on any atom is -0.444 e. The van der Waals surface area contributed by atoms with E-state index in [0.29, 0.717) is 0 Å². The number of nitrogens with zero attached hydrogens (tertiary/aromatic N) is 1. The van der Waals surface area contributed by atoms with E-state index < -0.39 is 30.9 Å². The smallest absolute Gasteiger partial charge is 0.444 e. The van der Waals surface area contributed by atoms with Gasteiger partial charge >= 0.3 is 13.2 Å². The van der Waals surface area contributed by atoms with Crippen LogP contribution in [0.1, 0.15) is 27.2 Å². The normalized spacial score (nSPS) is 25.8. The van der Waals surface area contributed by atoms with E-state index in [-0.39, 0.29) is 13.0 Å². The SMILES string of the molecule is CC(C)(C)OC(=O)N1CC(O)CC1B(O)O. The van der Waals surface area contributed by atoms with Gasteiger partial charge in [-0.25, -0.2) is 4.79 Å². The fraction of sp³-hybridized carbons (Fsp3) is 0.889. The van der Waals surface area contributed by atoms with Crippen molar-refractivity contribution in [1.82, 2.24) is 4.90 Å². The Labute approximate surface area is 95.0 Å². The molecule has 0 aromatic rings. The Bertz CT molecular complexity index is 265. The predicted molar refractivity (Wildman–Crippen MR) is 57.5 cm³/mol. The predicted octanol–water partition coefficient (Wildman–Crippen LogP) is -0.631. The molecule has 1 amide bonds. The highest BCUT2D eigenvalue weighted by molar-refractivity contribution is 6.43. The number of aliphatic hydroxyl groups is 1. The third-order valence-electron chi connectivity index (χ3n) is 2.29. The van der Waals surface area contributed by atoms with E-state index in [9.17, 15) is 9.90 Å². The van der Waals surface area contributed by atoms with Crippen LogP contribution in [0.3, 0.4) is 0 Å². The quantitative estimate of drug-likeness (QED) is 0.522. The average molecular weight is 231 g/mol. The maximum atomic E-state index is 11.7. The van der Waals surface area contributed by atoms with Gasteiger partial charge in [0.1, 0.15) is 5.60 Å². The first-order valence-corrected chi connectivity index (χ1v) is 5.24. The molecule has 2 unspecified atom stereocenters. The lowest BCUT2D eigenvalue weighted by Gasteiger charge is -2.27. The molecule has 3 N–H and O–H groups in total. The Balaban J connectivity index is 2.67. The lowest BCUT2D eigenvalue weighted by atomic mass is 9.78. The zero-order valence-corrected chi connectivity index (χ0v) is 9.75. The summed E-state index contributed by atoms with van der Waals surface area (Å²) >= 11 is 0. The van der Waals surface area contributed by atoms with Gasteiger partial charge in [0.25, 0.3) is 0 Å². The molecule has 0 aliphatic carbocycles. The number of rotatable bonds is 1. The van der Waals surface area contributed by atoms with Crippen LogP contribution in [0.15, 0.2) is 0 Å². The summed E-state index contributed by atoms with van der Waals surface area (Å²) in [6.07, 6.45) is -1.22. The van der Waals surface area contributed by atoms with Crippen molar-refractivity contribution in [2.45, 2.75) is 44.8 Å². The first-order chi connectivity index (χ1) is 7.20. The van der Waals surface area contributed by atoms with Gasteiger partial charge in [0.15, 0.2) is 0 Å².